The molecule has 88 valence electrons. The minimum absolute atomic E-state index is 0.734. The highest BCUT2D eigenvalue weighted by atomic mass is 15.2. The van der Waals surface area contributed by atoms with Gasteiger partial charge in [-0.1, -0.05) is 25.7 Å². The van der Waals surface area contributed by atoms with Crippen LogP contribution in [0.2, 0.25) is 0 Å². The van der Waals surface area contributed by atoms with Gasteiger partial charge < -0.3 is 5.73 Å². The standard InChI is InChI=1S/C13H26N2/c1-11-12(10-14)8-9-15(11)13-6-4-2-3-5-7-13/h11-13H,2-10,14H2,1H3. The number of nitrogens with two attached hydrogens (primary N) is 1. The van der Waals surface area contributed by atoms with Gasteiger partial charge in [0.2, 0.25) is 0 Å². The van der Waals surface area contributed by atoms with Gasteiger partial charge in [0.05, 0.1) is 0 Å². The molecule has 2 unspecified atom stereocenters. The van der Waals surface area contributed by atoms with Gasteiger partial charge >= 0.3 is 0 Å². The smallest absolute Gasteiger partial charge is 0.0111 e. The number of nitrogens with zero attached hydrogens (tertiary/aromatic N) is 1. The molecular formula is C13H26N2. The molecule has 1 saturated heterocycles. The Bertz CT molecular complexity index is 185. The van der Waals surface area contributed by atoms with E-state index in [1.54, 1.807) is 0 Å². The largest absolute Gasteiger partial charge is 0.330 e. The van der Waals surface area contributed by atoms with Crippen LogP contribution >= 0.6 is 0 Å². The summed E-state index contributed by atoms with van der Waals surface area (Å²) in [6, 6.07) is 1.61. The molecule has 0 bridgehead atoms. The summed E-state index contributed by atoms with van der Waals surface area (Å²) in [5.74, 6) is 0.758. The lowest BCUT2D eigenvalue weighted by molar-refractivity contribution is 0.158. The predicted molar refractivity (Wildman–Crippen MR) is 64.8 cm³/mol. The molecular weight excluding hydrogens is 184 g/mol. The number of rotatable bonds is 2. The van der Waals surface area contributed by atoms with Gasteiger partial charge in [-0.3, -0.25) is 4.90 Å². The van der Waals surface area contributed by atoms with E-state index in [4.69, 9.17) is 5.73 Å². The minimum Gasteiger partial charge on any atom is -0.330 e. The van der Waals surface area contributed by atoms with E-state index in [0.29, 0.717) is 0 Å². The molecule has 0 radical (unpaired) electrons. The Hall–Kier alpha value is -0.0800. The molecule has 2 atom stereocenters. The van der Waals surface area contributed by atoms with Crippen LogP contribution in [0.25, 0.3) is 0 Å². The third kappa shape index (κ3) is 2.54. The average molecular weight is 210 g/mol. The molecule has 2 nitrogen and oxygen atoms in total. The molecule has 1 saturated carbocycles. The summed E-state index contributed by atoms with van der Waals surface area (Å²) in [6.45, 7) is 4.56. The second-order valence-electron chi connectivity index (χ2n) is 5.41. The normalized spacial score (nSPS) is 35.6. The van der Waals surface area contributed by atoms with Crippen LogP contribution in [0.4, 0.5) is 0 Å². The quantitative estimate of drug-likeness (QED) is 0.709. The van der Waals surface area contributed by atoms with Crippen molar-refractivity contribution < 1.29 is 0 Å². The minimum atomic E-state index is 0.734. The van der Waals surface area contributed by atoms with Gasteiger partial charge in [0, 0.05) is 12.1 Å². The summed E-state index contributed by atoms with van der Waals surface area (Å²) < 4.78 is 0. The lowest BCUT2D eigenvalue weighted by Gasteiger charge is -2.32. The van der Waals surface area contributed by atoms with E-state index in [-0.39, 0.29) is 0 Å². The van der Waals surface area contributed by atoms with Crippen molar-refractivity contribution in [1.29, 1.82) is 0 Å². The molecule has 1 aliphatic carbocycles. The van der Waals surface area contributed by atoms with Gasteiger partial charge in [-0.2, -0.15) is 0 Å². The molecule has 2 N–H and O–H groups in total. The zero-order chi connectivity index (χ0) is 10.7. The van der Waals surface area contributed by atoms with Crippen LogP contribution in [0.15, 0.2) is 0 Å². The highest BCUT2D eigenvalue weighted by Gasteiger charge is 2.33. The lowest BCUT2D eigenvalue weighted by Crippen LogP contribution is -2.40. The fourth-order valence-corrected chi connectivity index (χ4v) is 3.45. The fourth-order valence-electron chi connectivity index (χ4n) is 3.45. The van der Waals surface area contributed by atoms with E-state index >= 15 is 0 Å². The Labute approximate surface area is 94.2 Å². The van der Waals surface area contributed by atoms with Crippen molar-refractivity contribution in [3.05, 3.63) is 0 Å². The van der Waals surface area contributed by atoms with Crippen molar-refractivity contribution in [2.24, 2.45) is 11.7 Å². The molecule has 0 spiro atoms. The van der Waals surface area contributed by atoms with Crippen molar-refractivity contribution in [2.75, 3.05) is 13.1 Å². The van der Waals surface area contributed by atoms with E-state index in [1.165, 1.54) is 51.5 Å². The summed E-state index contributed by atoms with van der Waals surface area (Å²) in [4.78, 5) is 2.75. The Morgan fingerprint density at radius 1 is 1.07 bits per heavy atom. The molecule has 1 heterocycles. The molecule has 2 rings (SSSR count). The average Bonchev–Trinajstić information content (AvgIpc) is 2.49. The van der Waals surface area contributed by atoms with E-state index in [0.717, 1.165) is 24.5 Å². The third-order valence-corrected chi connectivity index (χ3v) is 4.56. The Balaban J connectivity index is 1.92. The number of hydrogen-bond acceptors (Lipinski definition) is 2. The first-order valence-electron chi connectivity index (χ1n) is 6.78. The SMILES string of the molecule is CC1C(CN)CCN1C1CCCCCC1. The highest BCUT2D eigenvalue weighted by Crippen LogP contribution is 2.30. The molecule has 0 aromatic rings. The topological polar surface area (TPSA) is 29.3 Å². The molecule has 0 aromatic heterocycles. The van der Waals surface area contributed by atoms with Crippen molar-refractivity contribution in [3.63, 3.8) is 0 Å². The number of hydrogen-bond donors (Lipinski definition) is 1. The lowest BCUT2D eigenvalue weighted by atomic mass is 10.0. The monoisotopic (exact) mass is 210 g/mol. The first-order valence-corrected chi connectivity index (χ1v) is 6.78. The van der Waals surface area contributed by atoms with Gasteiger partial charge in [0.25, 0.3) is 0 Å². The summed E-state index contributed by atoms with van der Waals surface area (Å²) in [5, 5.41) is 0. The molecule has 0 aromatic carbocycles. The van der Waals surface area contributed by atoms with Crippen molar-refractivity contribution in [2.45, 2.75) is 64.0 Å². The van der Waals surface area contributed by atoms with E-state index < -0.39 is 0 Å². The van der Waals surface area contributed by atoms with Gasteiger partial charge in [0.15, 0.2) is 0 Å². The molecule has 0 amide bonds. The second kappa shape index (κ2) is 5.31. The van der Waals surface area contributed by atoms with Crippen LogP contribution in [0.5, 0.6) is 0 Å². The maximum Gasteiger partial charge on any atom is 0.0111 e. The molecule has 1 aliphatic heterocycles. The zero-order valence-corrected chi connectivity index (χ0v) is 10.1. The maximum absolute atomic E-state index is 5.82. The van der Waals surface area contributed by atoms with E-state index in [1.807, 2.05) is 0 Å². The first-order chi connectivity index (χ1) is 7.33. The summed E-state index contributed by atoms with van der Waals surface area (Å²) in [5.41, 5.74) is 5.82. The van der Waals surface area contributed by atoms with Crippen molar-refractivity contribution >= 4 is 0 Å². The van der Waals surface area contributed by atoms with Crippen LogP contribution in [0, 0.1) is 5.92 Å². The molecule has 2 fully saturated rings. The molecule has 15 heavy (non-hydrogen) atoms. The fraction of sp³-hybridized carbons (Fsp3) is 1.00. The van der Waals surface area contributed by atoms with Crippen molar-refractivity contribution in [3.8, 4) is 0 Å². The Kier molecular flexibility index (Phi) is 4.04. The predicted octanol–water partition coefficient (Wildman–Crippen LogP) is 2.38. The number of likely N-dealkylation sites (tertiary alicyclic amines) is 1. The maximum atomic E-state index is 5.82. The van der Waals surface area contributed by atoms with Crippen LogP contribution in [0.1, 0.15) is 51.9 Å². The van der Waals surface area contributed by atoms with Gasteiger partial charge in [0.1, 0.15) is 0 Å². The van der Waals surface area contributed by atoms with Crippen LogP contribution in [0.3, 0.4) is 0 Å². The van der Waals surface area contributed by atoms with Crippen LogP contribution < -0.4 is 5.73 Å². The van der Waals surface area contributed by atoms with Gasteiger partial charge in [-0.15, -0.1) is 0 Å². The van der Waals surface area contributed by atoms with E-state index in [9.17, 15) is 0 Å². The van der Waals surface area contributed by atoms with Gasteiger partial charge in [-0.05, 0) is 45.2 Å². The zero-order valence-electron chi connectivity index (χ0n) is 10.1. The second-order valence-corrected chi connectivity index (χ2v) is 5.41. The van der Waals surface area contributed by atoms with Crippen molar-refractivity contribution in [1.82, 2.24) is 4.90 Å². The summed E-state index contributed by atoms with van der Waals surface area (Å²) in [7, 11) is 0. The summed E-state index contributed by atoms with van der Waals surface area (Å²) in [6.07, 6.45) is 10.00. The first kappa shape index (κ1) is 11.4. The van der Waals surface area contributed by atoms with Gasteiger partial charge in [-0.25, -0.2) is 0 Å². The molecule has 2 aliphatic rings. The summed E-state index contributed by atoms with van der Waals surface area (Å²) >= 11 is 0. The Morgan fingerprint density at radius 2 is 1.73 bits per heavy atom. The van der Waals surface area contributed by atoms with Crippen LogP contribution in [-0.2, 0) is 0 Å². The third-order valence-electron chi connectivity index (χ3n) is 4.56. The van der Waals surface area contributed by atoms with E-state index in [2.05, 4.69) is 11.8 Å². The Morgan fingerprint density at radius 3 is 2.27 bits per heavy atom. The van der Waals surface area contributed by atoms with Crippen LogP contribution in [-0.4, -0.2) is 30.1 Å². The molecule has 2 heteroatoms. The highest BCUT2D eigenvalue weighted by molar-refractivity contribution is 4.89.